The SMILES string of the molecule is CCN1C(=O)/C(=C\c2ccc(-c3cccc([N+](=O)[O-])c3)o2)SC1=Nc1ccc(OC)cc1. The highest BCUT2D eigenvalue weighted by Gasteiger charge is 2.32. The number of furan rings is 1. The largest absolute Gasteiger partial charge is 0.497 e. The molecule has 1 aliphatic rings. The first kappa shape index (κ1) is 21.4. The molecular formula is C23H19N3O5S. The molecule has 0 bridgehead atoms. The molecule has 0 N–H and O–H groups in total. The zero-order chi connectivity index (χ0) is 22.7. The number of amides is 1. The highest BCUT2D eigenvalue weighted by Crippen LogP contribution is 2.35. The molecule has 4 rings (SSSR count). The first-order valence-electron chi connectivity index (χ1n) is 9.77. The maximum atomic E-state index is 12.9. The quantitative estimate of drug-likeness (QED) is 0.280. The van der Waals surface area contributed by atoms with E-state index in [1.807, 2.05) is 31.2 Å². The number of amidine groups is 1. The summed E-state index contributed by atoms with van der Waals surface area (Å²) in [5, 5.41) is 11.6. The number of hydrogen-bond acceptors (Lipinski definition) is 7. The minimum Gasteiger partial charge on any atom is -0.497 e. The lowest BCUT2D eigenvalue weighted by Crippen LogP contribution is -2.28. The third-order valence-corrected chi connectivity index (χ3v) is 5.75. The van der Waals surface area contributed by atoms with E-state index in [0.29, 0.717) is 39.4 Å². The van der Waals surface area contributed by atoms with Gasteiger partial charge in [0.15, 0.2) is 5.17 Å². The van der Waals surface area contributed by atoms with Crippen molar-refractivity contribution in [3.8, 4) is 17.1 Å². The van der Waals surface area contributed by atoms with Crippen molar-refractivity contribution in [1.82, 2.24) is 4.90 Å². The Morgan fingerprint density at radius 1 is 1.19 bits per heavy atom. The van der Waals surface area contributed by atoms with Crippen molar-refractivity contribution < 1.29 is 18.9 Å². The van der Waals surface area contributed by atoms with E-state index in [1.54, 1.807) is 42.4 Å². The van der Waals surface area contributed by atoms with Crippen molar-refractivity contribution in [3.05, 3.63) is 81.4 Å². The van der Waals surface area contributed by atoms with E-state index < -0.39 is 4.92 Å². The summed E-state index contributed by atoms with van der Waals surface area (Å²) in [7, 11) is 1.60. The van der Waals surface area contributed by atoms with E-state index in [4.69, 9.17) is 9.15 Å². The third-order valence-electron chi connectivity index (χ3n) is 4.74. The summed E-state index contributed by atoms with van der Waals surface area (Å²) in [6.45, 7) is 2.37. The van der Waals surface area contributed by atoms with Crippen molar-refractivity contribution in [2.45, 2.75) is 6.92 Å². The molecule has 1 aromatic heterocycles. The molecule has 1 aliphatic heterocycles. The number of aliphatic imine (C=N–C) groups is 1. The zero-order valence-corrected chi connectivity index (χ0v) is 18.2. The van der Waals surface area contributed by atoms with E-state index in [1.165, 1.54) is 23.9 Å². The molecular weight excluding hydrogens is 430 g/mol. The van der Waals surface area contributed by atoms with Crippen LogP contribution in [-0.4, -0.2) is 34.6 Å². The van der Waals surface area contributed by atoms with Crippen LogP contribution in [0.4, 0.5) is 11.4 Å². The summed E-state index contributed by atoms with van der Waals surface area (Å²) >= 11 is 1.27. The highest BCUT2D eigenvalue weighted by molar-refractivity contribution is 8.18. The fourth-order valence-corrected chi connectivity index (χ4v) is 4.17. The van der Waals surface area contributed by atoms with Crippen molar-refractivity contribution in [1.29, 1.82) is 0 Å². The molecule has 32 heavy (non-hydrogen) atoms. The monoisotopic (exact) mass is 449 g/mol. The van der Waals surface area contributed by atoms with E-state index in [0.717, 1.165) is 5.75 Å². The van der Waals surface area contributed by atoms with Crippen LogP contribution < -0.4 is 4.74 Å². The van der Waals surface area contributed by atoms with Gasteiger partial charge in [-0.15, -0.1) is 0 Å². The Balaban J connectivity index is 1.59. The Morgan fingerprint density at radius 3 is 2.66 bits per heavy atom. The van der Waals surface area contributed by atoms with Crippen LogP contribution >= 0.6 is 11.8 Å². The summed E-state index contributed by atoms with van der Waals surface area (Å²) in [5.41, 5.74) is 1.29. The molecule has 9 heteroatoms. The molecule has 0 saturated carbocycles. The summed E-state index contributed by atoms with van der Waals surface area (Å²) in [6.07, 6.45) is 1.66. The minimum absolute atomic E-state index is 0.0155. The Labute approximate surface area is 188 Å². The van der Waals surface area contributed by atoms with E-state index in [9.17, 15) is 14.9 Å². The Hall–Kier alpha value is -3.85. The molecule has 1 fully saturated rings. The molecule has 8 nitrogen and oxygen atoms in total. The van der Waals surface area contributed by atoms with Gasteiger partial charge in [-0.3, -0.25) is 19.8 Å². The summed E-state index contributed by atoms with van der Waals surface area (Å²) in [5.74, 6) is 1.53. The van der Waals surface area contributed by atoms with Crippen LogP contribution in [0, 0.1) is 10.1 Å². The molecule has 2 aromatic carbocycles. The number of carbonyl (C=O) groups excluding carboxylic acids is 1. The fraction of sp³-hybridized carbons (Fsp3) is 0.130. The van der Waals surface area contributed by atoms with Crippen LogP contribution in [0.15, 0.2) is 75.0 Å². The molecule has 1 amide bonds. The maximum Gasteiger partial charge on any atom is 0.270 e. The van der Waals surface area contributed by atoms with Gasteiger partial charge >= 0.3 is 0 Å². The van der Waals surface area contributed by atoms with Crippen molar-refractivity contribution in [3.63, 3.8) is 0 Å². The molecule has 0 radical (unpaired) electrons. The summed E-state index contributed by atoms with van der Waals surface area (Å²) < 4.78 is 11.0. The van der Waals surface area contributed by atoms with E-state index in [2.05, 4.69) is 4.99 Å². The average molecular weight is 449 g/mol. The number of carbonyl (C=O) groups is 1. The third kappa shape index (κ3) is 4.42. The van der Waals surface area contributed by atoms with Crippen LogP contribution in [0.5, 0.6) is 5.75 Å². The van der Waals surface area contributed by atoms with Crippen LogP contribution in [0.25, 0.3) is 17.4 Å². The normalized spacial score (nSPS) is 16.2. The number of likely N-dealkylation sites (N-methyl/N-ethyl adjacent to an activating group) is 1. The highest BCUT2D eigenvalue weighted by atomic mass is 32.2. The second-order valence-electron chi connectivity index (χ2n) is 6.76. The van der Waals surface area contributed by atoms with Gasteiger partial charge in [-0.05, 0) is 55.1 Å². The molecule has 0 aliphatic carbocycles. The molecule has 1 saturated heterocycles. The van der Waals surface area contributed by atoms with Crippen molar-refractivity contribution in [2.75, 3.05) is 13.7 Å². The molecule has 0 atom stereocenters. The van der Waals surface area contributed by atoms with Gasteiger partial charge in [-0.2, -0.15) is 0 Å². The number of ether oxygens (including phenoxy) is 1. The number of nitro benzene ring substituents is 1. The van der Waals surface area contributed by atoms with Crippen molar-refractivity contribution in [2.24, 2.45) is 4.99 Å². The number of hydrogen-bond donors (Lipinski definition) is 0. The van der Waals surface area contributed by atoms with Gasteiger partial charge < -0.3 is 9.15 Å². The van der Waals surface area contributed by atoms with Gasteiger partial charge in [-0.25, -0.2) is 4.99 Å². The summed E-state index contributed by atoms with van der Waals surface area (Å²) in [6, 6.07) is 16.9. The van der Waals surface area contributed by atoms with E-state index in [-0.39, 0.29) is 11.6 Å². The van der Waals surface area contributed by atoms with E-state index >= 15 is 0 Å². The second kappa shape index (κ2) is 9.11. The number of nitro groups is 1. The lowest BCUT2D eigenvalue weighted by molar-refractivity contribution is -0.384. The Bertz CT molecular complexity index is 1230. The number of thioether (sulfide) groups is 1. The fourth-order valence-electron chi connectivity index (χ4n) is 3.12. The average Bonchev–Trinajstić information content (AvgIpc) is 3.39. The smallest absolute Gasteiger partial charge is 0.270 e. The minimum atomic E-state index is -0.452. The lowest BCUT2D eigenvalue weighted by Gasteiger charge is -2.12. The molecule has 0 spiro atoms. The lowest BCUT2D eigenvalue weighted by atomic mass is 10.1. The standard InChI is InChI=1S/C23H19N3O5S/c1-3-25-22(27)21(32-23(25)24-16-7-9-18(30-2)10-8-16)14-19-11-12-20(31-19)15-5-4-6-17(13-15)26(28)29/h4-14H,3H2,1-2H3/b21-14+,24-23?. The van der Waals surface area contributed by atoms with Crippen LogP contribution in [0.1, 0.15) is 12.7 Å². The topological polar surface area (TPSA) is 98.2 Å². The first-order valence-corrected chi connectivity index (χ1v) is 10.6. The number of nitrogens with zero attached hydrogens (tertiary/aromatic N) is 3. The number of non-ortho nitro benzene ring substituents is 1. The first-order chi connectivity index (χ1) is 15.5. The van der Waals surface area contributed by atoms with Gasteiger partial charge in [0, 0.05) is 30.3 Å². The molecule has 162 valence electrons. The van der Waals surface area contributed by atoms with Crippen LogP contribution in [0.3, 0.4) is 0 Å². The predicted octanol–water partition coefficient (Wildman–Crippen LogP) is 5.49. The van der Waals surface area contributed by atoms with Crippen LogP contribution in [-0.2, 0) is 4.79 Å². The van der Waals surface area contributed by atoms with Gasteiger partial charge in [0.1, 0.15) is 17.3 Å². The number of methoxy groups -OCH3 is 1. The predicted molar refractivity (Wildman–Crippen MR) is 124 cm³/mol. The second-order valence-corrected chi connectivity index (χ2v) is 7.77. The van der Waals surface area contributed by atoms with Gasteiger partial charge in [0.2, 0.25) is 0 Å². The molecule has 3 aromatic rings. The molecule has 0 unspecified atom stereocenters. The number of rotatable bonds is 6. The van der Waals surface area contributed by atoms with Gasteiger partial charge in [0.25, 0.3) is 11.6 Å². The van der Waals surface area contributed by atoms with Crippen molar-refractivity contribution >= 4 is 40.3 Å². The maximum absolute atomic E-state index is 12.9. The number of benzene rings is 2. The van der Waals surface area contributed by atoms with Crippen LogP contribution in [0.2, 0.25) is 0 Å². The van der Waals surface area contributed by atoms with Gasteiger partial charge in [0.05, 0.1) is 22.6 Å². The Kier molecular flexibility index (Phi) is 6.09. The van der Waals surface area contributed by atoms with Gasteiger partial charge in [-0.1, -0.05) is 12.1 Å². The molecule has 2 heterocycles. The Morgan fingerprint density at radius 2 is 1.97 bits per heavy atom. The zero-order valence-electron chi connectivity index (χ0n) is 17.3. The summed E-state index contributed by atoms with van der Waals surface area (Å²) in [4.78, 5) is 30.1.